The number of allylic oxidation sites excluding steroid dienone is 1. The van der Waals surface area contributed by atoms with E-state index < -0.39 is 11.6 Å². The molecule has 0 saturated heterocycles. The lowest BCUT2D eigenvalue weighted by Gasteiger charge is -2.28. The molecule has 0 aliphatic heterocycles. The average molecular weight is 451 g/mol. The summed E-state index contributed by atoms with van der Waals surface area (Å²) in [7, 11) is 1.29. The number of hydrogen-bond acceptors (Lipinski definition) is 1. The number of halogens is 3. The molecule has 0 heterocycles. The van der Waals surface area contributed by atoms with Crippen LogP contribution in [0.2, 0.25) is 0 Å². The molecular weight excluding hydrogens is 421 g/mol. The predicted molar refractivity (Wildman–Crippen MR) is 128 cm³/mol. The highest BCUT2D eigenvalue weighted by Crippen LogP contribution is 2.39. The molecule has 0 bridgehead atoms. The van der Waals surface area contributed by atoms with Crippen LogP contribution in [0.15, 0.2) is 67.3 Å². The lowest BCUT2D eigenvalue weighted by atomic mass is 9.77. The highest BCUT2D eigenvalue weighted by atomic mass is 19.2. The van der Waals surface area contributed by atoms with Gasteiger partial charge in [0.15, 0.2) is 11.6 Å². The van der Waals surface area contributed by atoms with E-state index in [0.29, 0.717) is 22.6 Å². The Morgan fingerprint density at radius 3 is 2.09 bits per heavy atom. The first-order valence-corrected chi connectivity index (χ1v) is 11.5. The van der Waals surface area contributed by atoms with E-state index in [9.17, 15) is 8.78 Å². The van der Waals surface area contributed by atoms with Crippen molar-refractivity contribution in [3.05, 3.63) is 90.3 Å². The van der Waals surface area contributed by atoms with Gasteiger partial charge in [0.2, 0.25) is 5.82 Å². The highest BCUT2D eigenvalue weighted by Gasteiger charge is 2.23. The van der Waals surface area contributed by atoms with Crippen molar-refractivity contribution in [2.75, 3.05) is 7.11 Å². The van der Waals surface area contributed by atoms with Crippen LogP contribution in [0.3, 0.4) is 0 Å². The molecule has 4 heteroatoms. The van der Waals surface area contributed by atoms with Crippen molar-refractivity contribution in [1.82, 2.24) is 0 Å². The molecule has 4 rings (SSSR count). The van der Waals surface area contributed by atoms with Gasteiger partial charge in [-0.05, 0) is 85.3 Å². The van der Waals surface area contributed by atoms with Gasteiger partial charge in [-0.3, -0.25) is 0 Å². The van der Waals surface area contributed by atoms with E-state index in [4.69, 9.17) is 4.74 Å². The quantitative estimate of drug-likeness (QED) is 0.327. The van der Waals surface area contributed by atoms with E-state index in [-0.39, 0.29) is 17.1 Å². The van der Waals surface area contributed by atoms with Gasteiger partial charge in [-0.2, -0.15) is 4.39 Å². The molecule has 0 spiro atoms. The summed E-state index contributed by atoms with van der Waals surface area (Å²) in [4.78, 5) is 0. The van der Waals surface area contributed by atoms with Crippen molar-refractivity contribution >= 4 is 0 Å². The first kappa shape index (κ1) is 23.2. The van der Waals surface area contributed by atoms with Crippen LogP contribution in [-0.4, -0.2) is 7.11 Å². The Kier molecular flexibility index (Phi) is 7.22. The zero-order valence-electron chi connectivity index (χ0n) is 18.9. The minimum Gasteiger partial charge on any atom is -0.494 e. The van der Waals surface area contributed by atoms with E-state index in [1.54, 1.807) is 30.3 Å². The lowest BCUT2D eigenvalue weighted by Crippen LogP contribution is -2.13. The molecule has 0 atom stereocenters. The van der Waals surface area contributed by atoms with Crippen molar-refractivity contribution in [3.63, 3.8) is 0 Å². The third kappa shape index (κ3) is 5.00. The second kappa shape index (κ2) is 10.3. The number of rotatable bonds is 7. The van der Waals surface area contributed by atoms with Gasteiger partial charge >= 0.3 is 0 Å². The molecule has 1 fully saturated rings. The van der Waals surface area contributed by atoms with Gasteiger partial charge in [-0.1, -0.05) is 42.5 Å². The summed E-state index contributed by atoms with van der Waals surface area (Å²) in [5.41, 5.74) is 2.92. The molecule has 33 heavy (non-hydrogen) atoms. The fourth-order valence-electron chi connectivity index (χ4n) is 4.90. The molecule has 1 aliphatic carbocycles. The van der Waals surface area contributed by atoms with Crippen molar-refractivity contribution in [2.45, 2.75) is 44.4 Å². The Labute approximate surface area is 193 Å². The standard InChI is InChI=1S/C29H29F3O/c1-3-4-5-19-6-8-20(9-7-19)23-14-15-24(26(30)18-23)21-10-12-22(13-11-21)25-16-17-27(33-2)29(32)28(25)31/h3,10-20H,1,4-9H2,2H3. The molecule has 3 aromatic carbocycles. The van der Waals surface area contributed by atoms with E-state index in [1.165, 1.54) is 38.5 Å². The van der Waals surface area contributed by atoms with Crippen molar-refractivity contribution in [2.24, 2.45) is 5.92 Å². The van der Waals surface area contributed by atoms with Gasteiger partial charge < -0.3 is 4.74 Å². The molecule has 0 aromatic heterocycles. The summed E-state index contributed by atoms with van der Waals surface area (Å²) < 4.78 is 48.3. The smallest absolute Gasteiger partial charge is 0.201 e. The molecule has 1 saturated carbocycles. The SMILES string of the molecule is C=CCCC1CCC(c2ccc(-c3ccc(-c4ccc(OC)c(F)c4F)cc3)c(F)c2)CC1. The van der Waals surface area contributed by atoms with Crippen LogP contribution in [0.5, 0.6) is 5.75 Å². The van der Waals surface area contributed by atoms with Gasteiger partial charge in [-0.15, -0.1) is 6.58 Å². The van der Waals surface area contributed by atoms with Gasteiger partial charge in [0.1, 0.15) is 5.82 Å². The molecule has 0 N–H and O–H groups in total. The molecule has 0 unspecified atom stereocenters. The lowest BCUT2D eigenvalue weighted by molar-refractivity contribution is 0.311. The summed E-state index contributed by atoms with van der Waals surface area (Å²) in [5.74, 6) is -1.21. The van der Waals surface area contributed by atoms with E-state index in [0.717, 1.165) is 30.7 Å². The van der Waals surface area contributed by atoms with Crippen molar-refractivity contribution < 1.29 is 17.9 Å². The average Bonchev–Trinajstić information content (AvgIpc) is 2.85. The zero-order chi connectivity index (χ0) is 23.4. The minimum absolute atomic E-state index is 0.138. The summed E-state index contributed by atoms with van der Waals surface area (Å²) in [6, 6.07) is 15.2. The Bertz CT molecular complexity index is 1110. The molecule has 0 amide bonds. The number of hydrogen-bond donors (Lipinski definition) is 0. The summed E-state index contributed by atoms with van der Waals surface area (Å²) in [6.07, 6.45) is 8.82. The fourth-order valence-corrected chi connectivity index (χ4v) is 4.90. The van der Waals surface area contributed by atoms with E-state index in [2.05, 4.69) is 6.58 Å². The van der Waals surface area contributed by atoms with Gasteiger partial charge in [0.05, 0.1) is 7.11 Å². The molecule has 1 nitrogen and oxygen atoms in total. The van der Waals surface area contributed by atoms with Crippen molar-refractivity contribution in [3.8, 4) is 28.0 Å². The van der Waals surface area contributed by atoms with Crippen LogP contribution < -0.4 is 4.74 Å². The number of ether oxygens (including phenoxy) is 1. The molecule has 0 radical (unpaired) electrons. The second-order valence-electron chi connectivity index (χ2n) is 8.84. The van der Waals surface area contributed by atoms with Gasteiger partial charge in [0, 0.05) is 11.1 Å². The van der Waals surface area contributed by atoms with Gasteiger partial charge in [0.25, 0.3) is 0 Å². The fraction of sp³-hybridized carbons (Fsp3) is 0.310. The van der Waals surface area contributed by atoms with Crippen LogP contribution in [0.4, 0.5) is 13.2 Å². The van der Waals surface area contributed by atoms with Crippen LogP contribution >= 0.6 is 0 Å². The maximum atomic E-state index is 15.0. The van der Waals surface area contributed by atoms with E-state index >= 15 is 4.39 Å². The largest absolute Gasteiger partial charge is 0.494 e. The Morgan fingerprint density at radius 1 is 0.848 bits per heavy atom. The number of benzene rings is 3. The summed E-state index contributed by atoms with van der Waals surface area (Å²) in [6.45, 7) is 3.81. The van der Waals surface area contributed by atoms with Gasteiger partial charge in [-0.25, -0.2) is 8.78 Å². The Morgan fingerprint density at radius 2 is 1.48 bits per heavy atom. The third-order valence-corrected chi connectivity index (χ3v) is 6.86. The molecule has 172 valence electrons. The topological polar surface area (TPSA) is 9.23 Å². The number of methoxy groups -OCH3 is 1. The van der Waals surface area contributed by atoms with Crippen LogP contribution in [-0.2, 0) is 0 Å². The third-order valence-electron chi connectivity index (χ3n) is 6.86. The first-order chi connectivity index (χ1) is 16.0. The summed E-state index contributed by atoms with van der Waals surface area (Å²) >= 11 is 0. The Hall–Kier alpha value is -3.01. The van der Waals surface area contributed by atoms with Crippen LogP contribution in [0, 0.1) is 23.4 Å². The monoisotopic (exact) mass is 450 g/mol. The maximum absolute atomic E-state index is 15.0. The Balaban J connectivity index is 1.49. The summed E-state index contributed by atoms with van der Waals surface area (Å²) in [5, 5.41) is 0. The first-order valence-electron chi connectivity index (χ1n) is 11.5. The molecule has 3 aromatic rings. The second-order valence-corrected chi connectivity index (χ2v) is 8.84. The highest BCUT2D eigenvalue weighted by molar-refractivity contribution is 5.71. The minimum atomic E-state index is -1.02. The zero-order valence-corrected chi connectivity index (χ0v) is 18.9. The van der Waals surface area contributed by atoms with Crippen molar-refractivity contribution in [1.29, 1.82) is 0 Å². The molecule has 1 aliphatic rings. The maximum Gasteiger partial charge on any atom is 0.201 e. The van der Waals surface area contributed by atoms with Crippen LogP contribution in [0.1, 0.15) is 50.0 Å². The van der Waals surface area contributed by atoms with E-state index in [1.807, 2.05) is 18.2 Å². The van der Waals surface area contributed by atoms with Crippen LogP contribution in [0.25, 0.3) is 22.3 Å². The predicted octanol–water partition coefficient (Wildman–Crippen LogP) is 8.69. The normalized spacial score (nSPS) is 18.2. The molecular formula is C29H29F3O.